The smallest absolute Gasteiger partial charge is 0.296 e. The number of fused-ring (bicyclic) bond motifs is 1. The Bertz CT molecular complexity index is 1270. The minimum atomic E-state index is -2.76. The SMILES string of the molecule is CNCc1ccc(Nc2cc(-n3c(C(F)F)nc4ccccc43)nc(N3CCOCC3)n2)cc1. The summed E-state index contributed by atoms with van der Waals surface area (Å²) in [6, 6.07) is 16.7. The van der Waals surface area contributed by atoms with Crippen molar-refractivity contribution >= 4 is 28.5 Å². The lowest BCUT2D eigenvalue weighted by Gasteiger charge is -2.27. The van der Waals surface area contributed by atoms with E-state index < -0.39 is 6.43 Å². The molecular formula is C24H25F2N7O. The molecule has 1 fully saturated rings. The molecule has 0 spiro atoms. The fourth-order valence-corrected chi connectivity index (χ4v) is 4.00. The number of alkyl halides is 2. The summed E-state index contributed by atoms with van der Waals surface area (Å²) in [5.41, 5.74) is 3.03. The first-order valence-corrected chi connectivity index (χ1v) is 11.1. The van der Waals surface area contributed by atoms with Crippen LogP contribution < -0.4 is 15.5 Å². The number of anilines is 3. The largest absolute Gasteiger partial charge is 0.378 e. The minimum Gasteiger partial charge on any atom is -0.378 e. The molecule has 1 aliphatic rings. The fourth-order valence-electron chi connectivity index (χ4n) is 4.00. The van der Waals surface area contributed by atoms with Gasteiger partial charge >= 0.3 is 0 Å². The Morgan fingerprint density at radius 3 is 2.50 bits per heavy atom. The molecule has 10 heteroatoms. The number of para-hydroxylation sites is 2. The normalized spacial score (nSPS) is 14.2. The van der Waals surface area contributed by atoms with Gasteiger partial charge in [-0.25, -0.2) is 13.8 Å². The summed E-state index contributed by atoms with van der Waals surface area (Å²) in [5.74, 6) is 0.934. The van der Waals surface area contributed by atoms with Crippen molar-refractivity contribution in [1.29, 1.82) is 0 Å². The number of ether oxygens (including phenoxy) is 1. The van der Waals surface area contributed by atoms with Crippen LogP contribution in [0.5, 0.6) is 0 Å². The molecule has 34 heavy (non-hydrogen) atoms. The lowest BCUT2D eigenvalue weighted by Crippen LogP contribution is -2.37. The molecular weight excluding hydrogens is 440 g/mol. The highest BCUT2D eigenvalue weighted by Gasteiger charge is 2.23. The molecule has 0 atom stereocenters. The zero-order valence-corrected chi connectivity index (χ0v) is 18.7. The average Bonchev–Trinajstić information content (AvgIpc) is 3.26. The maximum Gasteiger partial charge on any atom is 0.296 e. The number of benzene rings is 2. The van der Waals surface area contributed by atoms with E-state index in [4.69, 9.17) is 9.72 Å². The molecule has 2 aromatic carbocycles. The molecule has 5 rings (SSSR count). The van der Waals surface area contributed by atoms with E-state index in [1.54, 1.807) is 30.3 Å². The standard InChI is InChI=1S/C24H25F2N7O/c1-27-15-16-6-8-17(9-7-16)28-20-14-21(31-24(30-20)32-10-12-34-13-11-32)33-19-5-3-2-4-18(19)29-23(33)22(25)26/h2-9,14,22,27H,10-13,15H2,1H3,(H,28,30,31). The number of hydrogen-bond acceptors (Lipinski definition) is 7. The molecule has 0 unspecified atom stereocenters. The van der Waals surface area contributed by atoms with Gasteiger partial charge in [-0.3, -0.25) is 4.57 Å². The maximum atomic E-state index is 14.0. The summed E-state index contributed by atoms with van der Waals surface area (Å²) in [6.07, 6.45) is -2.76. The molecule has 176 valence electrons. The number of nitrogens with zero attached hydrogens (tertiary/aromatic N) is 5. The lowest BCUT2D eigenvalue weighted by molar-refractivity contribution is 0.122. The van der Waals surface area contributed by atoms with Crippen LogP contribution in [0.1, 0.15) is 17.8 Å². The van der Waals surface area contributed by atoms with Crippen LogP contribution in [-0.4, -0.2) is 52.9 Å². The van der Waals surface area contributed by atoms with Crippen LogP contribution in [0.2, 0.25) is 0 Å². The first-order chi connectivity index (χ1) is 16.6. The van der Waals surface area contributed by atoms with Gasteiger partial charge in [-0.15, -0.1) is 0 Å². The molecule has 8 nitrogen and oxygen atoms in total. The average molecular weight is 466 g/mol. The summed E-state index contributed by atoms with van der Waals surface area (Å²) in [5, 5.41) is 6.42. The Labute approximate surface area is 195 Å². The molecule has 0 aliphatic carbocycles. The van der Waals surface area contributed by atoms with Gasteiger partial charge in [0.15, 0.2) is 5.82 Å². The summed E-state index contributed by atoms with van der Waals surface area (Å²) in [6.45, 7) is 3.12. The van der Waals surface area contributed by atoms with Crippen LogP contribution >= 0.6 is 0 Å². The van der Waals surface area contributed by atoms with E-state index in [-0.39, 0.29) is 5.82 Å². The maximum absolute atomic E-state index is 14.0. The van der Waals surface area contributed by atoms with Crippen LogP contribution in [0.25, 0.3) is 16.9 Å². The number of hydrogen-bond donors (Lipinski definition) is 2. The van der Waals surface area contributed by atoms with Crippen LogP contribution in [0.4, 0.5) is 26.2 Å². The number of halogens is 2. The second-order valence-electron chi connectivity index (χ2n) is 7.96. The molecule has 4 aromatic rings. The van der Waals surface area contributed by atoms with Gasteiger partial charge in [0.2, 0.25) is 5.95 Å². The van der Waals surface area contributed by atoms with E-state index in [0.717, 1.165) is 17.8 Å². The molecule has 0 radical (unpaired) electrons. The molecule has 1 saturated heterocycles. The molecule has 0 bridgehead atoms. The Balaban J connectivity index is 1.60. The van der Waals surface area contributed by atoms with E-state index in [1.165, 1.54) is 4.57 Å². The number of morpholine rings is 1. The third-order valence-electron chi connectivity index (χ3n) is 5.61. The predicted octanol–water partition coefficient (Wildman–Crippen LogP) is 4.05. The molecule has 1 aliphatic heterocycles. The fraction of sp³-hybridized carbons (Fsp3) is 0.292. The van der Waals surface area contributed by atoms with Crippen molar-refractivity contribution in [3.63, 3.8) is 0 Å². The van der Waals surface area contributed by atoms with Gasteiger partial charge in [0, 0.05) is 31.4 Å². The first kappa shape index (κ1) is 22.2. The van der Waals surface area contributed by atoms with Crippen molar-refractivity contribution < 1.29 is 13.5 Å². The van der Waals surface area contributed by atoms with Gasteiger partial charge in [0.25, 0.3) is 6.43 Å². The third kappa shape index (κ3) is 4.55. The van der Waals surface area contributed by atoms with Crippen molar-refractivity contribution in [3.05, 3.63) is 66.0 Å². The highest BCUT2D eigenvalue weighted by molar-refractivity contribution is 5.78. The quantitative estimate of drug-likeness (QED) is 0.426. The Morgan fingerprint density at radius 2 is 1.76 bits per heavy atom. The highest BCUT2D eigenvalue weighted by atomic mass is 19.3. The van der Waals surface area contributed by atoms with Gasteiger partial charge in [0.1, 0.15) is 11.6 Å². The highest BCUT2D eigenvalue weighted by Crippen LogP contribution is 2.29. The molecule has 2 aromatic heterocycles. The van der Waals surface area contributed by atoms with Crippen LogP contribution in [0, 0.1) is 0 Å². The van der Waals surface area contributed by atoms with Gasteiger partial charge in [-0.05, 0) is 36.9 Å². The van der Waals surface area contributed by atoms with Crippen LogP contribution in [0.15, 0.2) is 54.6 Å². The van der Waals surface area contributed by atoms with Crippen LogP contribution in [0.3, 0.4) is 0 Å². The number of rotatable bonds is 7. The van der Waals surface area contributed by atoms with Gasteiger partial charge < -0.3 is 20.3 Å². The summed E-state index contributed by atoms with van der Waals surface area (Å²) >= 11 is 0. The van der Waals surface area contributed by atoms with E-state index in [0.29, 0.717) is 54.9 Å². The Morgan fingerprint density at radius 1 is 1.00 bits per heavy atom. The van der Waals surface area contributed by atoms with E-state index in [9.17, 15) is 8.78 Å². The summed E-state index contributed by atoms with van der Waals surface area (Å²) in [7, 11) is 1.90. The molecule has 2 N–H and O–H groups in total. The van der Waals surface area contributed by atoms with Gasteiger partial charge in [-0.2, -0.15) is 9.97 Å². The van der Waals surface area contributed by atoms with Gasteiger partial charge in [0.05, 0.1) is 24.2 Å². The van der Waals surface area contributed by atoms with Crippen molar-refractivity contribution in [2.24, 2.45) is 0 Å². The van der Waals surface area contributed by atoms with E-state index in [1.807, 2.05) is 36.2 Å². The third-order valence-corrected chi connectivity index (χ3v) is 5.61. The van der Waals surface area contributed by atoms with Crippen molar-refractivity contribution in [2.45, 2.75) is 13.0 Å². The lowest BCUT2D eigenvalue weighted by atomic mass is 10.2. The second kappa shape index (κ2) is 9.70. The predicted molar refractivity (Wildman–Crippen MR) is 127 cm³/mol. The Kier molecular flexibility index (Phi) is 6.33. The molecule has 0 saturated carbocycles. The van der Waals surface area contributed by atoms with Crippen LogP contribution in [-0.2, 0) is 11.3 Å². The van der Waals surface area contributed by atoms with Gasteiger partial charge in [-0.1, -0.05) is 24.3 Å². The molecule has 3 heterocycles. The zero-order chi connectivity index (χ0) is 23.5. The Hall–Kier alpha value is -3.63. The van der Waals surface area contributed by atoms with Crippen molar-refractivity contribution in [2.75, 3.05) is 43.6 Å². The monoisotopic (exact) mass is 465 g/mol. The van der Waals surface area contributed by atoms with E-state index >= 15 is 0 Å². The summed E-state index contributed by atoms with van der Waals surface area (Å²) < 4.78 is 34.8. The second-order valence-corrected chi connectivity index (χ2v) is 7.96. The summed E-state index contributed by atoms with van der Waals surface area (Å²) in [4.78, 5) is 15.5. The number of aromatic nitrogens is 4. The molecule has 0 amide bonds. The van der Waals surface area contributed by atoms with E-state index in [2.05, 4.69) is 20.6 Å². The zero-order valence-electron chi connectivity index (χ0n) is 18.7. The number of nitrogens with one attached hydrogen (secondary N) is 2. The van der Waals surface area contributed by atoms with Crippen molar-refractivity contribution in [3.8, 4) is 5.82 Å². The first-order valence-electron chi connectivity index (χ1n) is 11.1. The minimum absolute atomic E-state index is 0.329. The van der Waals surface area contributed by atoms with Crippen molar-refractivity contribution in [1.82, 2.24) is 24.8 Å². The topological polar surface area (TPSA) is 80.1 Å². The number of imidazole rings is 1.